The number of nitrogens with zero attached hydrogens (tertiary/aromatic N) is 3. The number of aliphatic imine (C=N–C) groups is 1. The fourth-order valence-electron chi connectivity index (χ4n) is 5.12. The van der Waals surface area contributed by atoms with Gasteiger partial charge in [0.1, 0.15) is 17.4 Å². The topological polar surface area (TPSA) is 103 Å². The summed E-state index contributed by atoms with van der Waals surface area (Å²) in [6.07, 6.45) is 7.27. The molecule has 2 heterocycles. The van der Waals surface area contributed by atoms with Crippen LogP contribution in [-0.4, -0.2) is 34.6 Å². The Kier molecular flexibility index (Phi) is 6.84. The normalized spacial score (nSPS) is 17.9. The fourth-order valence-corrected chi connectivity index (χ4v) is 5.12. The van der Waals surface area contributed by atoms with Crippen LogP contribution in [0, 0.1) is 12.7 Å². The molecule has 1 aliphatic carbocycles. The zero-order chi connectivity index (χ0) is 26.1. The van der Waals surface area contributed by atoms with Gasteiger partial charge in [-0.25, -0.2) is 13.9 Å². The first-order chi connectivity index (χ1) is 17.9. The van der Waals surface area contributed by atoms with Gasteiger partial charge >= 0.3 is 0 Å². The van der Waals surface area contributed by atoms with Crippen LogP contribution in [0.25, 0.3) is 16.6 Å². The maximum atomic E-state index is 14.0. The second kappa shape index (κ2) is 10.2. The molecule has 2 aromatic carbocycles. The number of ether oxygens (including phenoxy) is 1. The Labute approximate surface area is 216 Å². The largest absolute Gasteiger partial charge is 0.497 e. The van der Waals surface area contributed by atoms with Crippen LogP contribution in [0.5, 0.6) is 5.75 Å². The Hall–Kier alpha value is -3.91. The molecule has 5 N–H and O–H groups in total. The Bertz CT molecular complexity index is 1480. The summed E-state index contributed by atoms with van der Waals surface area (Å²) in [5.41, 5.74) is 19.9. The highest BCUT2D eigenvalue weighted by molar-refractivity contribution is 6.06. The lowest BCUT2D eigenvalue weighted by atomic mass is 10.0. The highest BCUT2D eigenvalue weighted by atomic mass is 19.1. The van der Waals surface area contributed by atoms with Gasteiger partial charge in [0, 0.05) is 23.8 Å². The monoisotopic (exact) mass is 500 g/mol. The number of methoxy groups -OCH3 is 1. The van der Waals surface area contributed by atoms with Crippen molar-refractivity contribution >= 4 is 22.7 Å². The van der Waals surface area contributed by atoms with Crippen LogP contribution >= 0.6 is 0 Å². The number of halogens is 1. The summed E-state index contributed by atoms with van der Waals surface area (Å²) in [7, 11) is 1.67. The average molecular weight is 501 g/mol. The number of hydrogen-bond donors (Lipinski definition) is 3. The molecule has 192 valence electrons. The molecular formula is C29H33FN6O. The van der Waals surface area contributed by atoms with Crippen molar-refractivity contribution in [1.29, 1.82) is 0 Å². The third kappa shape index (κ3) is 5.02. The van der Waals surface area contributed by atoms with Gasteiger partial charge in [0.15, 0.2) is 0 Å². The molecule has 8 heteroatoms. The van der Waals surface area contributed by atoms with E-state index >= 15 is 0 Å². The smallest absolute Gasteiger partial charge is 0.135 e. The van der Waals surface area contributed by atoms with Crippen LogP contribution < -0.4 is 21.5 Å². The van der Waals surface area contributed by atoms with Crippen LogP contribution in [-0.2, 0) is 6.42 Å². The Balaban J connectivity index is 1.63. The predicted octanol–water partition coefficient (Wildman–Crippen LogP) is 5.35. The van der Waals surface area contributed by atoms with Gasteiger partial charge in [-0.15, -0.1) is 0 Å². The maximum absolute atomic E-state index is 14.0. The number of aromatic nitrogens is 2. The molecular weight excluding hydrogens is 467 g/mol. The van der Waals surface area contributed by atoms with Crippen molar-refractivity contribution in [2.75, 3.05) is 12.4 Å². The first kappa shape index (κ1) is 24.8. The summed E-state index contributed by atoms with van der Waals surface area (Å²) in [6.45, 7) is 4.07. The second-order valence-corrected chi connectivity index (χ2v) is 9.71. The lowest BCUT2D eigenvalue weighted by Gasteiger charge is -2.18. The molecule has 1 aliphatic rings. The van der Waals surface area contributed by atoms with E-state index in [1.54, 1.807) is 19.4 Å². The van der Waals surface area contributed by atoms with Crippen molar-refractivity contribution in [3.05, 3.63) is 77.4 Å². The highest BCUT2D eigenvalue weighted by Gasteiger charge is 2.24. The van der Waals surface area contributed by atoms with E-state index in [0.29, 0.717) is 11.3 Å². The van der Waals surface area contributed by atoms with Gasteiger partial charge in [0.05, 0.1) is 35.8 Å². The van der Waals surface area contributed by atoms with E-state index in [1.165, 1.54) is 12.1 Å². The summed E-state index contributed by atoms with van der Waals surface area (Å²) in [4.78, 5) is 4.64. The molecule has 0 spiro atoms. The number of fused-ring (bicyclic) bond motifs is 1. The number of nitrogens with two attached hydrogens (primary N) is 2. The zero-order valence-electron chi connectivity index (χ0n) is 21.5. The first-order valence-corrected chi connectivity index (χ1v) is 12.7. The van der Waals surface area contributed by atoms with Crippen LogP contribution in [0.2, 0.25) is 0 Å². The molecule has 1 saturated carbocycles. The molecule has 0 radical (unpaired) electrons. The SMILES string of the molecule is CCc1ccc(F)cc1N=C(N)c1cnn2cc(-c3ccc(OC)cc3C)cc2c1N[C@H]1CC[C@@H](N)C1. The zero-order valence-corrected chi connectivity index (χ0v) is 21.5. The molecule has 0 aliphatic heterocycles. The van der Waals surface area contributed by atoms with Gasteiger partial charge in [0.25, 0.3) is 0 Å². The van der Waals surface area contributed by atoms with Crippen molar-refractivity contribution < 1.29 is 9.13 Å². The van der Waals surface area contributed by atoms with Crippen molar-refractivity contribution in [1.82, 2.24) is 9.61 Å². The first-order valence-electron chi connectivity index (χ1n) is 12.7. The summed E-state index contributed by atoms with van der Waals surface area (Å²) in [5, 5.41) is 8.35. The van der Waals surface area contributed by atoms with Crippen LogP contribution in [0.1, 0.15) is 42.9 Å². The van der Waals surface area contributed by atoms with Gasteiger partial charge in [-0.05, 0) is 79.6 Å². The van der Waals surface area contributed by atoms with Gasteiger partial charge in [-0.1, -0.05) is 19.1 Å². The van der Waals surface area contributed by atoms with Crippen molar-refractivity contribution in [3.8, 4) is 16.9 Å². The van der Waals surface area contributed by atoms with Crippen molar-refractivity contribution in [2.24, 2.45) is 16.5 Å². The molecule has 37 heavy (non-hydrogen) atoms. The number of anilines is 1. The van der Waals surface area contributed by atoms with E-state index < -0.39 is 0 Å². The molecule has 5 rings (SSSR count). The van der Waals surface area contributed by atoms with E-state index in [2.05, 4.69) is 34.5 Å². The average Bonchev–Trinajstić information content (AvgIpc) is 3.50. The quantitative estimate of drug-likeness (QED) is 0.235. The van der Waals surface area contributed by atoms with Crippen LogP contribution in [0.3, 0.4) is 0 Å². The lowest BCUT2D eigenvalue weighted by molar-refractivity contribution is 0.414. The van der Waals surface area contributed by atoms with E-state index in [-0.39, 0.29) is 23.7 Å². The third-order valence-corrected chi connectivity index (χ3v) is 7.15. The molecule has 2 aromatic heterocycles. The van der Waals surface area contributed by atoms with Gasteiger partial charge in [-0.3, -0.25) is 0 Å². The molecule has 0 saturated heterocycles. The minimum absolute atomic E-state index is 0.175. The molecule has 0 amide bonds. The molecule has 2 atom stereocenters. The number of rotatable bonds is 7. The molecule has 7 nitrogen and oxygen atoms in total. The summed E-state index contributed by atoms with van der Waals surface area (Å²) < 4.78 is 21.2. The lowest BCUT2D eigenvalue weighted by Crippen LogP contribution is -2.24. The van der Waals surface area contributed by atoms with E-state index in [9.17, 15) is 4.39 Å². The minimum atomic E-state index is -0.346. The molecule has 0 unspecified atom stereocenters. The van der Waals surface area contributed by atoms with Crippen molar-refractivity contribution in [2.45, 2.75) is 51.6 Å². The number of benzene rings is 2. The van der Waals surface area contributed by atoms with Crippen molar-refractivity contribution in [3.63, 3.8) is 0 Å². The Morgan fingerprint density at radius 1 is 1.22 bits per heavy atom. The minimum Gasteiger partial charge on any atom is -0.497 e. The van der Waals surface area contributed by atoms with Crippen LogP contribution in [0.4, 0.5) is 15.8 Å². The maximum Gasteiger partial charge on any atom is 0.135 e. The number of amidine groups is 1. The van der Waals surface area contributed by atoms with Crippen LogP contribution in [0.15, 0.2) is 59.9 Å². The van der Waals surface area contributed by atoms with Gasteiger partial charge < -0.3 is 21.5 Å². The molecule has 1 fully saturated rings. The molecule has 0 bridgehead atoms. The van der Waals surface area contributed by atoms with Gasteiger partial charge in [0.2, 0.25) is 0 Å². The predicted molar refractivity (Wildman–Crippen MR) is 147 cm³/mol. The Morgan fingerprint density at radius 3 is 2.76 bits per heavy atom. The standard InChI is InChI=1S/C29H33FN6O/c1-4-18-5-6-20(30)13-26(18)35-29(32)25-15-33-36-16-19(24-10-9-23(37-3)11-17(24)2)12-27(36)28(25)34-22-8-7-21(31)14-22/h5-6,9-13,15-16,21-22,34H,4,7-8,14,31H2,1-3H3,(H2,32,35)/t21-,22+/m1/s1. The highest BCUT2D eigenvalue weighted by Crippen LogP contribution is 2.34. The van der Waals surface area contributed by atoms with E-state index in [0.717, 1.165) is 64.9 Å². The summed E-state index contributed by atoms with van der Waals surface area (Å²) in [6, 6.07) is 13.1. The second-order valence-electron chi connectivity index (χ2n) is 9.71. The number of nitrogens with one attached hydrogen (secondary N) is 1. The van der Waals surface area contributed by atoms with E-state index in [4.69, 9.17) is 16.2 Å². The third-order valence-electron chi connectivity index (χ3n) is 7.15. The number of hydrogen-bond acceptors (Lipinski definition) is 5. The summed E-state index contributed by atoms with van der Waals surface area (Å²) in [5.74, 6) is 0.753. The van der Waals surface area contributed by atoms with Gasteiger partial charge in [-0.2, -0.15) is 5.10 Å². The van der Waals surface area contributed by atoms with E-state index in [1.807, 2.05) is 29.8 Å². The number of aryl methyl sites for hydroxylation is 2. The molecule has 4 aromatic rings. The summed E-state index contributed by atoms with van der Waals surface area (Å²) >= 11 is 0. The fraction of sp³-hybridized carbons (Fsp3) is 0.310. The Morgan fingerprint density at radius 2 is 2.05 bits per heavy atom.